The lowest BCUT2D eigenvalue weighted by Crippen LogP contribution is -2.37. The first-order valence-electron chi connectivity index (χ1n) is 9.59. The first-order valence-corrected chi connectivity index (χ1v) is 9.59. The van der Waals surface area contributed by atoms with E-state index in [1.165, 1.54) is 26.0 Å². The molecule has 9 heteroatoms. The van der Waals surface area contributed by atoms with Crippen LogP contribution in [0.15, 0.2) is 18.2 Å². The normalized spacial score (nSPS) is 12.6. The lowest BCUT2D eigenvalue weighted by atomic mass is 10.1. The second kappa shape index (κ2) is 11.9. The van der Waals surface area contributed by atoms with Crippen molar-refractivity contribution in [3.05, 3.63) is 23.8 Å². The monoisotopic (exact) mass is 423 g/mol. The molecular weight excluding hydrogens is 394 g/mol. The summed E-state index contributed by atoms with van der Waals surface area (Å²) in [6.45, 7) is 7.77. The van der Waals surface area contributed by atoms with Crippen molar-refractivity contribution in [1.29, 1.82) is 0 Å². The molecule has 2 atom stereocenters. The minimum Gasteiger partial charge on any atom is -0.462 e. The molecule has 0 aliphatic heterocycles. The highest BCUT2D eigenvalue weighted by atomic mass is 16.6. The molecule has 2 N–H and O–H groups in total. The molecule has 30 heavy (non-hydrogen) atoms. The van der Waals surface area contributed by atoms with Gasteiger partial charge in [-0.2, -0.15) is 0 Å². The number of ether oxygens (including phenoxy) is 4. The topological polar surface area (TPSA) is 131 Å². The molecule has 0 aromatic heterocycles. The van der Waals surface area contributed by atoms with Crippen molar-refractivity contribution in [2.24, 2.45) is 11.7 Å². The Balaban J connectivity index is 2.68. The SMILES string of the molecule is CC(=O)Oc1ccc(C[C@H](N)C(=O)O[C@@H](C)COC(=O)CC(C)C)cc1OC(C)=O. The van der Waals surface area contributed by atoms with Crippen LogP contribution >= 0.6 is 0 Å². The summed E-state index contributed by atoms with van der Waals surface area (Å²) in [6, 6.07) is 3.51. The highest BCUT2D eigenvalue weighted by molar-refractivity contribution is 5.76. The predicted molar refractivity (Wildman–Crippen MR) is 107 cm³/mol. The van der Waals surface area contributed by atoms with Gasteiger partial charge in [0, 0.05) is 20.3 Å². The van der Waals surface area contributed by atoms with Crippen LogP contribution in [0.25, 0.3) is 0 Å². The molecule has 1 aromatic carbocycles. The fourth-order valence-corrected chi connectivity index (χ4v) is 2.41. The van der Waals surface area contributed by atoms with Gasteiger partial charge in [-0.3, -0.25) is 19.2 Å². The van der Waals surface area contributed by atoms with Gasteiger partial charge in [0.05, 0.1) is 0 Å². The lowest BCUT2D eigenvalue weighted by molar-refractivity contribution is -0.159. The standard InChI is InChI=1S/C21H29NO8/c1-12(2)8-20(25)27-11-13(3)28-21(26)17(22)9-16-6-7-18(29-14(4)23)19(10-16)30-15(5)24/h6-7,10,12-13,17H,8-9,11,22H2,1-5H3/t13-,17-/m0/s1. The van der Waals surface area contributed by atoms with Gasteiger partial charge < -0.3 is 24.7 Å². The molecule has 0 fully saturated rings. The number of carbonyl (C=O) groups excluding carboxylic acids is 4. The van der Waals surface area contributed by atoms with Crippen LogP contribution in [-0.2, 0) is 35.1 Å². The predicted octanol–water partition coefficient (Wildman–Crippen LogP) is 1.93. The van der Waals surface area contributed by atoms with Gasteiger partial charge in [-0.05, 0) is 37.0 Å². The van der Waals surface area contributed by atoms with E-state index in [1.54, 1.807) is 13.0 Å². The molecule has 0 saturated carbocycles. The molecule has 0 bridgehead atoms. The number of carbonyl (C=O) groups is 4. The number of nitrogens with two attached hydrogens (primary N) is 1. The molecule has 0 radical (unpaired) electrons. The van der Waals surface area contributed by atoms with Gasteiger partial charge in [-0.15, -0.1) is 0 Å². The Morgan fingerprint density at radius 1 is 0.967 bits per heavy atom. The van der Waals surface area contributed by atoms with Crippen LogP contribution in [-0.4, -0.2) is 42.6 Å². The van der Waals surface area contributed by atoms with Gasteiger partial charge in [-0.25, -0.2) is 0 Å². The Hall–Kier alpha value is -2.94. The molecule has 0 amide bonds. The zero-order valence-electron chi connectivity index (χ0n) is 17.9. The van der Waals surface area contributed by atoms with E-state index >= 15 is 0 Å². The van der Waals surface area contributed by atoms with Crippen molar-refractivity contribution >= 4 is 23.9 Å². The third kappa shape index (κ3) is 9.51. The van der Waals surface area contributed by atoms with Crippen molar-refractivity contribution < 1.29 is 38.1 Å². The van der Waals surface area contributed by atoms with Gasteiger partial charge in [-0.1, -0.05) is 19.9 Å². The van der Waals surface area contributed by atoms with E-state index in [0.717, 1.165) is 0 Å². The zero-order chi connectivity index (χ0) is 22.8. The largest absolute Gasteiger partial charge is 0.462 e. The highest BCUT2D eigenvalue weighted by Gasteiger charge is 2.21. The van der Waals surface area contributed by atoms with E-state index in [2.05, 4.69) is 0 Å². The molecule has 166 valence electrons. The summed E-state index contributed by atoms with van der Waals surface area (Å²) in [6.07, 6.45) is -0.274. The minimum absolute atomic E-state index is 0.0428. The average Bonchev–Trinajstić information content (AvgIpc) is 2.60. The molecule has 1 aromatic rings. The first kappa shape index (κ1) is 25.1. The third-order valence-corrected chi connectivity index (χ3v) is 3.65. The molecule has 0 aliphatic carbocycles. The number of hydrogen-bond donors (Lipinski definition) is 1. The van der Waals surface area contributed by atoms with E-state index in [1.807, 2.05) is 13.8 Å². The first-order chi connectivity index (χ1) is 14.0. The minimum atomic E-state index is -0.997. The maximum absolute atomic E-state index is 12.2. The maximum Gasteiger partial charge on any atom is 0.323 e. The van der Waals surface area contributed by atoms with E-state index in [4.69, 9.17) is 24.7 Å². The fourth-order valence-electron chi connectivity index (χ4n) is 2.41. The smallest absolute Gasteiger partial charge is 0.323 e. The molecule has 9 nitrogen and oxygen atoms in total. The summed E-state index contributed by atoms with van der Waals surface area (Å²) in [4.78, 5) is 46.2. The number of rotatable bonds is 10. The van der Waals surface area contributed by atoms with Crippen LogP contribution in [0.3, 0.4) is 0 Å². The molecular formula is C21H29NO8. The number of benzene rings is 1. The zero-order valence-corrected chi connectivity index (χ0v) is 17.9. The lowest BCUT2D eigenvalue weighted by Gasteiger charge is -2.18. The van der Waals surface area contributed by atoms with E-state index < -0.39 is 30.1 Å². The quantitative estimate of drug-likeness (QED) is 0.443. The second-order valence-electron chi connectivity index (χ2n) is 7.31. The van der Waals surface area contributed by atoms with Gasteiger partial charge in [0.15, 0.2) is 11.5 Å². The number of esters is 4. The molecule has 1 rings (SSSR count). The Morgan fingerprint density at radius 2 is 1.57 bits per heavy atom. The summed E-state index contributed by atoms with van der Waals surface area (Å²) >= 11 is 0. The van der Waals surface area contributed by atoms with Crippen LogP contribution in [0.5, 0.6) is 11.5 Å². The van der Waals surface area contributed by atoms with Crippen LogP contribution in [0.1, 0.15) is 46.6 Å². The molecule has 0 heterocycles. The van der Waals surface area contributed by atoms with Gasteiger partial charge in [0.25, 0.3) is 0 Å². The van der Waals surface area contributed by atoms with Gasteiger partial charge in [0.2, 0.25) is 0 Å². The van der Waals surface area contributed by atoms with Crippen molar-refractivity contribution in [2.45, 2.75) is 59.6 Å². The van der Waals surface area contributed by atoms with Gasteiger partial charge in [0.1, 0.15) is 18.8 Å². The average molecular weight is 423 g/mol. The number of hydrogen-bond acceptors (Lipinski definition) is 9. The van der Waals surface area contributed by atoms with E-state index in [-0.39, 0.29) is 42.8 Å². The van der Waals surface area contributed by atoms with Crippen molar-refractivity contribution in [3.8, 4) is 11.5 Å². The van der Waals surface area contributed by atoms with E-state index in [0.29, 0.717) is 5.56 Å². The van der Waals surface area contributed by atoms with Crippen molar-refractivity contribution in [2.75, 3.05) is 6.61 Å². The van der Waals surface area contributed by atoms with Crippen LogP contribution in [0.4, 0.5) is 0 Å². The summed E-state index contributed by atoms with van der Waals surface area (Å²) < 4.78 is 20.3. The molecule has 0 spiro atoms. The maximum atomic E-state index is 12.2. The summed E-state index contributed by atoms with van der Waals surface area (Å²) in [5, 5.41) is 0. The fraction of sp³-hybridized carbons (Fsp3) is 0.524. The molecule has 0 aliphatic rings. The van der Waals surface area contributed by atoms with Crippen LogP contribution < -0.4 is 15.2 Å². The Bertz CT molecular complexity index is 774. The van der Waals surface area contributed by atoms with E-state index in [9.17, 15) is 19.2 Å². The summed E-state index contributed by atoms with van der Waals surface area (Å²) in [5.74, 6) is -1.89. The molecule has 0 unspecified atom stereocenters. The van der Waals surface area contributed by atoms with Crippen molar-refractivity contribution in [1.82, 2.24) is 0 Å². The molecule has 0 saturated heterocycles. The van der Waals surface area contributed by atoms with Crippen LogP contribution in [0, 0.1) is 5.92 Å². The third-order valence-electron chi connectivity index (χ3n) is 3.65. The Morgan fingerprint density at radius 3 is 2.13 bits per heavy atom. The summed E-state index contributed by atoms with van der Waals surface area (Å²) in [7, 11) is 0. The van der Waals surface area contributed by atoms with Crippen LogP contribution in [0.2, 0.25) is 0 Å². The van der Waals surface area contributed by atoms with Gasteiger partial charge >= 0.3 is 23.9 Å². The highest BCUT2D eigenvalue weighted by Crippen LogP contribution is 2.29. The Kier molecular flexibility index (Phi) is 9.97. The second-order valence-corrected chi connectivity index (χ2v) is 7.31. The van der Waals surface area contributed by atoms with Crippen molar-refractivity contribution in [3.63, 3.8) is 0 Å². The Labute approximate surface area is 175 Å². The summed E-state index contributed by atoms with van der Waals surface area (Å²) in [5.41, 5.74) is 6.49.